The molecule has 0 aliphatic carbocycles. The number of nitrogens with zero attached hydrogens (tertiary/aromatic N) is 3. The third kappa shape index (κ3) is 3.97. The highest BCUT2D eigenvalue weighted by Crippen LogP contribution is 2.23. The van der Waals surface area contributed by atoms with Gasteiger partial charge in [-0.25, -0.2) is 13.1 Å². The first-order chi connectivity index (χ1) is 12.0. The summed E-state index contributed by atoms with van der Waals surface area (Å²) in [6, 6.07) is 8.97. The van der Waals surface area contributed by atoms with E-state index in [-0.39, 0.29) is 11.5 Å². The Morgan fingerprint density at radius 2 is 2.12 bits per heavy atom. The normalized spacial score (nSPS) is 13.0. The number of benzene rings is 1. The summed E-state index contributed by atoms with van der Waals surface area (Å²) in [6.45, 7) is 4.47. The molecule has 0 saturated carbocycles. The Morgan fingerprint density at radius 1 is 1.28 bits per heavy atom. The molecule has 1 aromatic carbocycles. The van der Waals surface area contributed by atoms with Crippen LogP contribution in [0, 0.1) is 0 Å². The first-order valence-electron chi connectivity index (χ1n) is 8.01. The second-order valence-electron chi connectivity index (χ2n) is 5.69. The molecule has 3 rings (SSSR count). The van der Waals surface area contributed by atoms with E-state index in [1.54, 1.807) is 17.8 Å². The van der Waals surface area contributed by atoms with Crippen LogP contribution < -0.4 is 9.46 Å². The van der Waals surface area contributed by atoms with Gasteiger partial charge in [0.05, 0.1) is 17.8 Å². The fraction of sp³-hybridized carbons (Fsp3) is 0.294. The highest BCUT2D eigenvalue weighted by atomic mass is 32.2. The topological polar surface area (TPSA) is 86.1 Å². The van der Waals surface area contributed by atoms with Gasteiger partial charge in [0.25, 0.3) is 0 Å². The predicted molar refractivity (Wildman–Crippen MR) is 94.9 cm³/mol. The SMILES string of the molecule is CCn1cc(S(=O)(=O)N[C@@H](C)COc2cccc3ncccc23)cn1. The highest BCUT2D eigenvalue weighted by molar-refractivity contribution is 7.89. The maximum absolute atomic E-state index is 12.4. The highest BCUT2D eigenvalue weighted by Gasteiger charge is 2.19. The van der Waals surface area contributed by atoms with Gasteiger partial charge in [-0.15, -0.1) is 0 Å². The number of ether oxygens (including phenoxy) is 1. The van der Waals surface area contributed by atoms with E-state index < -0.39 is 16.1 Å². The number of aromatic nitrogens is 3. The van der Waals surface area contributed by atoms with E-state index in [2.05, 4.69) is 14.8 Å². The summed E-state index contributed by atoms with van der Waals surface area (Å²) in [6.07, 6.45) is 4.57. The van der Waals surface area contributed by atoms with Crippen LogP contribution in [0.1, 0.15) is 13.8 Å². The van der Waals surface area contributed by atoms with Crippen molar-refractivity contribution in [1.29, 1.82) is 0 Å². The van der Waals surface area contributed by atoms with Gasteiger partial charge in [0.2, 0.25) is 10.0 Å². The van der Waals surface area contributed by atoms with Crippen LogP contribution in [0.2, 0.25) is 0 Å². The number of fused-ring (bicyclic) bond motifs is 1. The van der Waals surface area contributed by atoms with Crippen molar-refractivity contribution in [2.75, 3.05) is 6.61 Å². The maximum atomic E-state index is 12.4. The second kappa shape index (κ2) is 7.20. The molecule has 0 spiro atoms. The Bertz CT molecular complexity index is 963. The van der Waals surface area contributed by atoms with Crippen LogP contribution in [0.4, 0.5) is 0 Å². The first kappa shape index (κ1) is 17.4. The van der Waals surface area contributed by atoms with Crippen LogP contribution in [-0.4, -0.2) is 35.8 Å². The fourth-order valence-corrected chi connectivity index (χ4v) is 3.62. The molecule has 3 aromatic rings. The number of sulfonamides is 1. The molecule has 0 fully saturated rings. The fourth-order valence-electron chi connectivity index (χ4n) is 2.44. The molecular weight excluding hydrogens is 340 g/mol. The monoisotopic (exact) mass is 360 g/mol. The van der Waals surface area contributed by atoms with Crippen molar-refractivity contribution in [1.82, 2.24) is 19.5 Å². The van der Waals surface area contributed by atoms with Crippen LogP contribution in [0.5, 0.6) is 5.75 Å². The van der Waals surface area contributed by atoms with E-state index in [0.29, 0.717) is 12.3 Å². The van der Waals surface area contributed by atoms with Crippen LogP contribution >= 0.6 is 0 Å². The first-order valence-corrected chi connectivity index (χ1v) is 9.49. The van der Waals surface area contributed by atoms with Gasteiger partial charge in [-0.1, -0.05) is 6.07 Å². The Hall–Kier alpha value is -2.45. The molecular formula is C17H20N4O3S. The van der Waals surface area contributed by atoms with Crippen LogP contribution in [-0.2, 0) is 16.6 Å². The molecule has 7 nitrogen and oxygen atoms in total. The lowest BCUT2D eigenvalue weighted by molar-refractivity contribution is 0.290. The molecule has 0 aliphatic rings. The van der Waals surface area contributed by atoms with Gasteiger partial charge in [0.1, 0.15) is 17.3 Å². The lowest BCUT2D eigenvalue weighted by Gasteiger charge is -2.15. The third-order valence-corrected chi connectivity index (χ3v) is 5.24. The minimum atomic E-state index is -3.62. The number of pyridine rings is 1. The molecule has 1 atom stereocenters. The molecule has 2 aromatic heterocycles. The standard InChI is InChI=1S/C17H20N4O3S/c1-3-21-11-14(10-19-21)25(22,23)20-13(2)12-24-17-8-4-7-16-15(17)6-5-9-18-16/h4-11,13,20H,3,12H2,1-2H3/t13-/m0/s1. The van der Waals surface area contributed by atoms with E-state index >= 15 is 0 Å². The average Bonchev–Trinajstić information content (AvgIpc) is 3.10. The average molecular weight is 360 g/mol. The predicted octanol–water partition coefficient (Wildman–Crippen LogP) is 2.20. The summed E-state index contributed by atoms with van der Waals surface area (Å²) < 4.78 is 34.7. The van der Waals surface area contributed by atoms with E-state index in [1.807, 2.05) is 37.3 Å². The number of nitrogens with one attached hydrogen (secondary N) is 1. The molecule has 0 radical (unpaired) electrons. The molecule has 0 unspecified atom stereocenters. The van der Waals surface area contributed by atoms with Crippen molar-refractivity contribution in [2.45, 2.75) is 31.3 Å². The van der Waals surface area contributed by atoms with Gasteiger partial charge in [-0.2, -0.15) is 5.10 Å². The number of hydrogen-bond donors (Lipinski definition) is 1. The zero-order valence-corrected chi connectivity index (χ0v) is 14.9. The summed E-state index contributed by atoms with van der Waals surface area (Å²) in [5, 5.41) is 4.89. The van der Waals surface area contributed by atoms with Gasteiger partial charge in [0.15, 0.2) is 0 Å². The van der Waals surface area contributed by atoms with Crippen molar-refractivity contribution < 1.29 is 13.2 Å². The molecule has 0 amide bonds. The molecule has 8 heteroatoms. The lowest BCUT2D eigenvalue weighted by atomic mass is 10.2. The van der Waals surface area contributed by atoms with E-state index in [0.717, 1.165) is 10.9 Å². The number of rotatable bonds is 7. The molecule has 2 heterocycles. The van der Waals surface area contributed by atoms with Crippen LogP contribution in [0.15, 0.2) is 53.8 Å². The zero-order chi connectivity index (χ0) is 17.9. The van der Waals surface area contributed by atoms with Crippen molar-refractivity contribution >= 4 is 20.9 Å². The third-order valence-electron chi connectivity index (χ3n) is 3.69. The van der Waals surface area contributed by atoms with Gasteiger partial charge in [0, 0.05) is 24.3 Å². The molecule has 0 bridgehead atoms. The molecule has 25 heavy (non-hydrogen) atoms. The Labute approximate surface area is 146 Å². The van der Waals surface area contributed by atoms with Crippen LogP contribution in [0.3, 0.4) is 0 Å². The summed E-state index contributed by atoms with van der Waals surface area (Å²) in [7, 11) is -3.62. The number of aryl methyl sites for hydroxylation is 1. The van der Waals surface area contributed by atoms with E-state index in [1.165, 1.54) is 12.4 Å². The summed E-state index contributed by atoms with van der Waals surface area (Å²) in [5.74, 6) is 0.676. The van der Waals surface area contributed by atoms with Gasteiger partial charge in [-0.05, 0) is 38.1 Å². The maximum Gasteiger partial charge on any atom is 0.244 e. The quantitative estimate of drug-likeness (QED) is 0.698. The molecule has 0 aliphatic heterocycles. The van der Waals surface area contributed by atoms with Crippen molar-refractivity contribution in [3.05, 3.63) is 48.9 Å². The minimum absolute atomic E-state index is 0.149. The van der Waals surface area contributed by atoms with E-state index in [9.17, 15) is 8.42 Å². The smallest absolute Gasteiger partial charge is 0.244 e. The van der Waals surface area contributed by atoms with Gasteiger partial charge < -0.3 is 4.74 Å². The summed E-state index contributed by atoms with van der Waals surface area (Å²) in [5.41, 5.74) is 0.834. The summed E-state index contributed by atoms with van der Waals surface area (Å²) >= 11 is 0. The number of hydrogen-bond acceptors (Lipinski definition) is 5. The zero-order valence-electron chi connectivity index (χ0n) is 14.1. The lowest BCUT2D eigenvalue weighted by Crippen LogP contribution is -2.36. The minimum Gasteiger partial charge on any atom is -0.491 e. The van der Waals surface area contributed by atoms with Gasteiger partial charge in [-0.3, -0.25) is 9.67 Å². The van der Waals surface area contributed by atoms with Gasteiger partial charge >= 0.3 is 0 Å². The van der Waals surface area contributed by atoms with Crippen molar-refractivity contribution in [3.8, 4) is 5.75 Å². The van der Waals surface area contributed by atoms with Crippen LogP contribution in [0.25, 0.3) is 10.9 Å². The van der Waals surface area contributed by atoms with Crippen molar-refractivity contribution in [3.63, 3.8) is 0 Å². The molecule has 1 N–H and O–H groups in total. The largest absolute Gasteiger partial charge is 0.491 e. The molecule has 132 valence electrons. The summed E-state index contributed by atoms with van der Waals surface area (Å²) in [4.78, 5) is 4.43. The Morgan fingerprint density at radius 3 is 2.88 bits per heavy atom. The molecule has 0 saturated heterocycles. The second-order valence-corrected chi connectivity index (χ2v) is 7.41. The van der Waals surface area contributed by atoms with Crippen molar-refractivity contribution in [2.24, 2.45) is 0 Å². The van der Waals surface area contributed by atoms with E-state index in [4.69, 9.17) is 4.74 Å². The Kier molecular flexibility index (Phi) is 5.00. The Balaban J connectivity index is 1.67.